The topological polar surface area (TPSA) is 201 Å². The first-order valence-corrected chi connectivity index (χ1v) is 26.7. The molecule has 8 rings (SSSR count). The second-order valence-corrected chi connectivity index (χ2v) is 22.1. The van der Waals surface area contributed by atoms with Crippen molar-refractivity contribution in [2.24, 2.45) is 0 Å². The Balaban J connectivity index is 0.000000242. The van der Waals surface area contributed by atoms with Crippen LogP contribution in [0.5, 0.6) is 0 Å². The SMILES string of the molecule is CC(C)(C)OC(=O)N1CCN(CCS(=O)(=O)N(Cc2ccc(-c3nnc(C(F)F)o3)cc2)c2ccccc2)CC1.Cl.O=S(=O)(CCN1CCNCC1)N(Cc1ccc(-c2nnc(C(F)F)o2)cc1)c1ccccc1. The third-order valence-electron chi connectivity index (χ3n) is 11.6. The molecule has 0 saturated carbocycles. The highest BCUT2D eigenvalue weighted by molar-refractivity contribution is 7.93. The van der Waals surface area contributed by atoms with E-state index in [1.54, 1.807) is 102 Å². The van der Waals surface area contributed by atoms with Gasteiger partial charge in [-0.2, -0.15) is 17.6 Å². The van der Waals surface area contributed by atoms with Crippen molar-refractivity contribution in [2.45, 2.75) is 52.3 Å². The van der Waals surface area contributed by atoms with Crippen molar-refractivity contribution in [2.75, 3.05) is 85.6 Å². The molecule has 0 atom stereocenters. The fraction of sp³-hybridized carbons (Fsp3) is 0.408. The van der Waals surface area contributed by atoms with Gasteiger partial charge in [0.25, 0.3) is 11.8 Å². The van der Waals surface area contributed by atoms with Crippen LogP contribution in [0.15, 0.2) is 118 Å². The number of nitrogens with one attached hydrogen (secondary N) is 1. The summed E-state index contributed by atoms with van der Waals surface area (Å²) in [5, 5.41) is 17.2. The van der Waals surface area contributed by atoms with E-state index in [0.29, 0.717) is 67.3 Å². The van der Waals surface area contributed by atoms with Crippen LogP contribution < -0.4 is 13.9 Å². The molecule has 1 N–H and O–H groups in total. The average Bonchev–Trinajstić information content (AvgIpc) is 4.10. The molecule has 2 aliphatic rings. The minimum absolute atomic E-state index is 0. The van der Waals surface area contributed by atoms with Gasteiger partial charge in [-0.05, 0) is 80.4 Å². The number of anilines is 2. The fourth-order valence-electron chi connectivity index (χ4n) is 7.73. The molecule has 1 amide bonds. The van der Waals surface area contributed by atoms with Crippen LogP contribution in [0.25, 0.3) is 22.9 Å². The van der Waals surface area contributed by atoms with Crippen LogP contribution in [0.3, 0.4) is 0 Å². The van der Waals surface area contributed by atoms with Crippen LogP contribution in [-0.4, -0.2) is 141 Å². The number of alkyl halides is 4. The van der Waals surface area contributed by atoms with Gasteiger partial charge in [0.2, 0.25) is 31.8 Å². The molecule has 0 unspecified atom stereocenters. The van der Waals surface area contributed by atoms with E-state index in [0.717, 1.165) is 31.7 Å². The standard InChI is InChI=1S/C27H33F2N5O5S.C22H25F2N5O3S.ClH/c1-27(2,3)39-26(35)33-15-13-32(14-16-33)17-18-40(36,37)34(22-7-5-4-6-8-22)19-20-9-11-21(12-10-20)24-30-31-25(38-24)23(28)29;23-20(24)22-27-26-21(32-22)18-8-6-17(7-9-18)16-29(19-4-2-1-3-5-19)33(30,31)15-14-28-12-10-25-11-13-28;/h4-12,23H,13-19H2,1-3H3;1-9,20,25H,10-16H2;1H. The van der Waals surface area contributed by atoms with Gasteiger partial charge in [0.05, 0.1) is 36.0 Å². The number of para-hydroxylation sites is 2. The third-order valence-corrected chi connectivity index (χ3v) is 15.1. The number of carbonyl (C=O) groups excluding carboxylic acids is 1. The van der Waals surface area contributed by atoms with E-state index in [9.17, 15) is 39.2 Å². The first-order chi connectivity index (χ1) is 34.8. The first kappa shape index (κ1) is 57.1. The van der Waals surface area contributed by atoms with Gasteiger partial charge in [-0.3, -0.25) is 18.4 Å². The number of sulfonamides is 2. The van der Waals surface area contributed by atoms with E-state index >= 15 is 0 Å². The van der Waals surface area contributed by atoms with Crippen molar-refractivity contribution in [1.29, 1.82) is 0 Å². The number of halogens is 5. The molecule has 0 aliphatic carbocycles. The van der Waals surface area contributed by atoms with Gasteiger partial charge >= 0.3 is 18.9 Å². The first-order valence-electron chi connectivity index (χ1n) is 23.5. The summed E-state index contributed by atoms with van der Waals surface area (Å²) in [6.45, 7) is 11.8. The number of aromatic nitrogens is 4. The molecule has 2 saturated heterocycles. The van der Waals surface area contributed by atoms with Crippen LogP contribution in [-0.2, 0) is 37.9 Å². The summed E-state index contributed by atoms with van der Waals surface area (Å²) >= 11 is 0. The van der Waals surface area contributed by atoms with Crippen molar-refractivity contribution < 1.29 is 52.8 Å². The summed E-state index contributed by atoms with van der Waals surface area (Å²) in [7, 11) is -7.33. The zero-order valence-electron chi connectivity index (χ0n) is 41.0. The number of hydrogen-bond donors (Lipinski definition) is 1. The normalized spacial score (nSPS) is 14.8. The molecule has 25 heteroatoms. The molecule has 4 heterocycles. The van der Waals surface area contributed by atoms with E-state index in [1.165, 1.54) is 8.61 Å². The molecule has 6 aromatic rings. The molecule has 18 nitrogen and oxygen atoms in total. The Hall–Kier alpha value is -6.18. The van der Waals surface area contributed by atoms with Crippen molar-refractivity contribution in [1.82, 2.24) is 40.4 Å². The minimum Gasteiger partial charge on any atom is -0.444 e. The number of benzene rings is 4. The van der Waals surface area contributed by atoms with Crippen LogP contribution >= 0.6 is 12.4 Å². The van der Waals surface area contributed by atoms with Gasteiger partial charge in [-0.25, -0.2) is 21.6 Å². The van der Waals surface area contributed by atoms with Crippen LogP contribution in [0.1, 0.15) is 56.5 Å². The Morgan fingerprint density at radius 2 is 1.00 bits per heavy atom. The molecule has 0 radical (unpaired) electrons. The van der Waals surface area contributed by atoms with Crippen LogP contribution in [0, 0.1) is 0 Å². The zero-order valence-corrected chi connectivity index (χ0v) is 43.4. The molecule has 400 valence electrons. The zero-order chi connectivity index (χ0) is 52.2. The number of ether oxygens (including phenoxy) is 1. The number of nitrogens with zero attached hydrogens (tertiary/aromatic N) is 9. The highest BCUT2D eigenvalue weighted by Crippen LogP contribution is 2.28. The van der Waals surface area contributed by atoms with E-state index in [-0.39, 0.29) is 54.9 Å². The Labute approximate surface area is 434 Å². The Morgan fingerprint density at radius 1 is 0.608 bits per heavy atom. The maximum atomic E-state index is 13.6. The highest BCUT2D eigenvalue weighted by atomic mass is 35.5. The Morgan fingerprint density at radius 3 is 1.36 bits per heavy atom. The van der Waals surface area contributed by atoms with E-state index in [2.05, 4.69) is 30.6 Å². The lowest BCUT2D eigenvalue weighted by atomic mass is 10.1. The molecule has 2 fully saturated rings. The Bertz CT molecular complexity index is 2910. The van der Waals surface area contributed by atoms with E-state index < -0.39 is 50.3 Å². The van der Waals surface area contributed by atoms with E-state index in [4.69, 9.17) is 13.6 Å². The maximum Gasteiger partial charge on any atom is 0.410 e. The highest BCUT2D eigenvalue weighted by Gasteiger charge is 2.29. The summed E-state index contributed by atoms with van der Waals surface area (Å²) in [4.78, 5) is 18.1. The lowest BCUT2D eigenvalue weighted by Gasteiger charge is -2.35. The molecule has 4 aromatic carbocycles. The second kappa shape index (κ2) is 25.9. The molecule has 0 bridgehead atoms. The smallest absolute Gasteiger partial charge is 0.410 e. The van der Waals surface area contributed by atoms with Gasteiger partial charge in [-0.1, -0.05) is 60.7 Å². The molecule has 0 spiro atoms. The molecule has 2 aliphatic heterocycles. The predicted molar refractivity (Wildman–Crippen MR) is 273 cm³/mol. The van der Waals surface area contributed by atoms with Crippen molar-refractivity contribution in [3.8, 4) is 22.9 Å². The third kappa shape index (κ3) is 16.2. The quantitative estimate of drug-likeness (QED) is 0.0814. The van der Waals surface area contributed by atoms with Crippen LogP contribution in [0.2, 0.25) is 0 Å². The predicted octanol–water partition coefficient (Wildman–Crippen LogP) is 7.90. The van der Waals surface area contributed by atoms with Gasteiger partial charge < -0.3 is 23.8 Å². The van der Waals surface area contributed by atoms with Gasteiger partial charge in [-0.15, -0.1) is 32.8 Å². The molecular formula is C49H59ClF4N10O8S2. The number of amides is 1. The monoisotopic (exact) mass is 1090 g/mol. The summed E-state index contributed by atoms with van der Waals surface area (Å²) < 4.78 is 123. The number of rotatable bonds is 18. The minimum atomic E-state index is -3.73. The summed E-state index contributed by atoms with van der Waals surface area (Å²) in [6, 6.07) is 31.2. The van der Waals surface area contributed by atoms with Gasteiger partial charge in [0, 0.05) is 76.6 Å². The maximum absolute atomic E-state index is 13.6. The van der Waals surface area contributed by atoms with Crippen molar-refractivity contribution in [3.05, 3.63) is 132 Å². The van der Waals surface area contributed by atoms with Crippen molar-refractivity contribution >= 4 is 49.9 Å². The molecule has 74 heavy (non-hydrogen) atoms. The van der Waals surface area contributed by atoms with Crippen molar-refractivity contribution in [3.63, 3.8) is 0 Å². The number of hydrogen-bond acceptors (Lipinski definition) is 15. The van der Waals surface area contributed by atoms with Gasteiger partial charge in [0.15, 0.2) is 0 Å². The summed E-state index contributed by atoms with van der Waals surface area (Å²) in [5.41, 5.74) is 2.89. The molecule has 2 aromatic heterocycles. The summed E-state index contributed by atoms with van der Waals surface area (Å²) in [6.07, 6.45) is -6.06. The lowest BCUT2D eigenvalue weighted by molar-refractivity contribution is 0.0149. The molecular weight excluding hydrogens is 1030 g/mol. The fourth-order valence-corrected chi connectivity index (χ4v) is 10.7. The number of piperazine rings is 2. The Kier molecular flexibility index (Phi) is 19.9. The van der Waals surface area contributed by atoms with E-state index in [1.807, 2.05) is 37.8 Å². The summed E-state index contributed by atoms with van der Waals surface area (Å²) in [5.74, 6) is -1.64. The lowest BCUT2D eigenvalue weighted by Crippen LogP contribution is -2.51. The second-order valence-electron chi connectivity index (χ2n) is 18.1. The van der Waals surface area contributed by atoms with Gasteiger partial charge in [0.1, 0.15) is 5.60 Å². The van der Waals surface area contributed by atoms with Crippen LogP contribution in [0.4, 0.5) is 33.7 Å². The number of carbonyl (C=O) groups is 1. The largest absolute Gasteiger partial charge is 0.444 e. The average molecular weight is 1090 g/mol.